The molecule has 0 aromatic heterocycles. The minimum atomic E-state index is -4.51. The number of hydrogen-bond acceptors (Lipinski definition) is 7. The molecule has 0 radical (unpaired) electrons. The van der Waals surface area contributed by atoms with Crippen LogP contribution in [0.5, 0.6) is 0 Å². The minimum absolute atomic E-state index is 0.000683. The number of alkyl halides is 3. The van der Waals surface area contributed by atoms with E-state index in [0.29, 0.717) is 16.7 Å². The highest BCUT2D eigenvalue weighted by Crippen LogP contribution is 2.42. The standard InChI is InChI=1S/C31H26F3N3O6S/c1-42-36-27(39)22-17-44-29-24(35-23(38)16-18-12-14-21(15-13-18)31(32,33)34)28(40)37(29)25(22)30(41)43-26(19-8-4-2-5-9-19)20-10-6-3-7-11-20/h2-15,24,26,29H,16-17H2,1H3,(H,35,38)(H,36,39)/t24?,29-/m0/s1. The van der Waals surface area contributed by atoms with Gasteiger partial charge >= 0.3 is 12.1 Å². The first-order valence-electron chi connectivity index (χ1n) is 13.4. The highest BCUT2D eigenvalue weighted by Gasteiger charge is 2.55. The summed E-state index contributed by atoms with van der Waals surface area (Å²) < 4.78 is 44.6. The fourth-order valence-corrected chi connectivity index (χ4v) is 6.25. The summed E-state index contributed by atoms with van der Waals surface area (Å²) in [4.78, 5) is 58.7. The van der Waals surface area contributed by atoms with E-state index in [1.54, 1.807) is 48.5 Å². The van der Waals surface area contributed by atoms with Crippen LogP contribution in [0.25, 0.3) is 0 Å². The molecule has 2 aliphatic heterocycles. The summed E-state index contributed by atoms with van der Waals surface area (Å²) >= 11 is 1.16. The molecule has 3 amide bonds. The molecule has 0 aliphatic carbocycles. The van der Waals surface area contributed by atoms with Gasteiger partial charge in [-0.15, -0.1) is 11.8 Å². The number of carbonyl (C=O) groups excluding carboxylic acids is 4. The molecular weight excluding hydrogens is 599 g/mol. The second kappa shape index (κ2) is 12.9. The summed E-state index contributed by atoms with van der Waals surface area (Å²) in [6, 6.07) is 21.1. The maximum Gasteiger partial charge on any atom is 0.416 e. The van der Waals surface area contributed by atoms with Gasteiger partial charge in [-0.1, -0.05) is 72.8 Å². The number of carbonyl (C=O) groups is 4. The number of amides is 3. The van der Waals surface area contributed by atoms with Gasteiger partial charge in [0.2, 0.25) is 5.91 Å². The maximum atomic E-state index is 13.8. The summed E-state index contributed by atoms with van der Waals surface area (Å²) in [5.41, 5.74) is 2.69. The molecule has 3 aromatic rings. The fraction of sp³-hybridized carbons (Fsp3) is 0.226. The molecule has 44 heavy (non-hydrogen) atoms. The van der Waals surface area contributed by atoms with Gasteiger partial charge in [-0.3, -0.25) is 24.1 Å². The molecule has 1 unspecified atom stereocenters. The molecule has 0 spiro atoms. The third kappa shape index (κ3) is 6.48. The van der Waals surface area contributed by atoms with Gasteiger partial charge in [0.05, 0.1) is 24.7 Å². The summed E-state index contributed by atoms with van der Waals surface area (Å²) in [7, 11) is 1.23. The summed E-state index contributed by atoms with van der Waals surface area (Å²) in [6.07, 6.45) is -5.62. The van der Waals surface area contributed by atoms with Crippen molar-refractivity contribution in [1.29, 1.82) is 0 Å². The van der Waals surface area contributed by atoms with E-state index >= 15 is 0 Å². The van der Waals surface area contributed by atoms with Gasteiger partial charge in [-0.2, -0.15) is 13.2 Å². The van der Waals surface area contributed by atoms with Crippen LogP contribution in [0.4, 0.5) is 13.2 Å². The van der Waals surface area contributed by atoms with E-state index in [-0.39, 0.29) is 23.4 Å². The first-order valence-corrected chi connectivity index (χ1v) is 14.4. The number of thioether (sulfide) groups is 1. The molecule has 3 aromatic carbocycles. The second-order valence-electron chi connectivity index (χ2n) is 9.90. The van der Waals surface area contributed by atoms with E-state index in [9.17, 15) is 32.3 Å². The van der Waals surface area contributed by atoms with Gasteiger partial charge in [0.1, 0.15) is 17.1 Å². The number of esters is 1. The van der Waals surface area contributed by atoms with Crippen LogP contribution in [0, 0.1) is 0 Å². The zero-order chi connectivity index (χ0) is 31.4. The van der Waals surface area contributed by atoms with Gasteiger partial charge in [0, 0.05) is 5.75 Å². The van der Waals surface area contributed by atoms with Gasteiger partial charge in [0.25, 0.3) is 11.8 Å². The molecule has 228 valence electrons. The van der Waals surface area contributed by atoms with Crippen molar-refractivity contribution in [3.05, 3.63) is 118 Å². The predicted molar refractivity (Wildman–Crippen MR) is 153 cm³/mol. The van der Waals surface area contributed by atoms with E-state index in [2.05, 4.69) is 10.8 Å². The van der Waals surface area contributed by atoms with Crippen molar-refractivity contribution in [2.45, 2.75) is 30.1 Å². The Hall–Kier alpha value is -4.62. The van der Waals surface area contributed by atoms with Gasteiger partial charge in [-0.25, -0.2) is 10.3 Å². The van der Waals surface area contributed by atoms with Crippen LogP contribution in [-0.4, -0.2) is 52.9 Å². The molecule has 1 fully saturated rings. The average Bonchev–Trinajstić information content (AvgIpc) is 3.02. The van der Waals surface area contributed by atoms with Crippen molar-refractivity contribution < 1.29 is 41.9 Å². The number of rotatable bonds is 9. The molecule has 2 N–H and O–H groups in total. The number of halogens is 3. The number of nitrogens with zero attached hydrogens (tertiary/aromatic N) is 1. The molecule has 0 saturated carbocycles. The smallest absolute Gasteiger partial charge is 0.416 e. The number of β-lactam (4-membered cyclic amide) rings is 1. The first kappa shape index (κ1) is 30.8. The summed E-state index contributed by atoms with van der Waals surface area (Å²) in [6.45, 7) is 0. The SMILES string of the molecule is CONC(=O)C1=C(C(=O)OC(c2ccccc2)c2ccccc2)N2C(=O)C(NC(=O)Cc3ccc(C(F)(F)F)cc3)[C@@H]2SC1. The second-order valence-corrected chi connectivity index (χ2v) is 11.0. The molecule has 5 rings (SSSR count). The van der Waals surface area contributed by atoms with Crippen LogP contribution < -0.4 is 10.8 Å². The van der Waals surface area contributed by atoms with E-state index in [1.165, 1.54) is 19.2 Å². The molecule has 9 nitrogen and oxygen atoms in total. The summed E-state index contributed by atoms with van der Waals surface area (Å²) in [5, 5.41) is 1.88. The highest BCUT2D eigenvalue weighted by atomic mass is 32.2. The van der Waals surface area contributed by atoms with E-state index in [0.717, 1.165) is 28.8 Å². The quantitative estimate of drug-likeness (QED) is 0.211. The van der Waals surface area contributed by atoms with E-state index < -0.39 is 53.0 Å². The minimum Gasteiger partial charge on any atom is -0.448 e. The van der Waals surface area contributed by atoms with Crippen LogP contribution in [-0.2, 0) is 41.3 Å². The van der Waals surface area contributed by atoms with Crippen LogP contribution in [0.15, 0.2) is 96.2 Å². The Morgan fingerprint density at radius 3 is 2.09 bits per heavy atom. The van der Waals surface area contributed by atoms with Crippen LogP contribution >= 0.6 is 11.8 Å². The lowest BCUT2D eigenvalue weighted by molar-refractivity contribution is -0.155. The molecule has 1 saturated heterocycles. The molecule has 2 heterocycles. The number of hydrogen-bond donors (Lipinski definition) is 2. The predicted octanol–water partition coefficient (Wildman–Crippen LogP) is 3.91. The van der Waals surface area contributed by atoms with Crippen molar-refractivity contribution in [3.8, 4) is 0 Å². The lowest BCUT2D eigenvalue weighted by Crippen LogP contribution is -2.71. The molecular formula is C31H26F3N3O6S. The van der Waals surface area contributed by atoms with Crippen molar-refractivity contribution in [2.24, 2.45) is 0 Å². The number of benzene rings is 3. The lowest BCUT2D eigenvalue weighted by Gasteiger charge is -2.49. The molecule has 0 bridgehead atoms. The van der Waals surface area contributed by atoms with Crippen LogP contribution in [0.3, 0.4) is 0 Å². The normalized spacial score (nSPS) is 17.9. The van der Waals surface area contributed by atoms with Crippen molar-refractivity contribution >= 4 is 35.5 Å². The molecule has 2 atom stereocenters. The van der Waals surface area contributed by atoms with E-state index in [1.807, 2.05) is 12.1 Å². The Labute approximate surface area is 254 Å². The number of fused-ring (bicyclic) bond motifs is 1. The van der Waals surface area contributed by atoms with Crippen LogP contribution in [0.1, 0.15) is 28.4 Å². The molecule has 2 aliphatic rings. The number of ether oxygens (including phenoxy) is 1. The third-order valence-corrected chi connectivity index (χ3v) is 8.30. The zero-order valence-electron chi connectivity index (χ0n) is 23.2. The summed E-state index contributed by atoms with van der Waals surface area (Å²) in [5.74, 6) is -2.89. The Balaban J connectivity index is 1.36. The van der Waals surface area contributed by atoms with Crippen molar-refractivity contribution in [3.63, 3.8) is 0 Å². The monoisotopic (exact) mass is 625 g/mol. The topological polar surface area (TPSA) is 114 Å². The Bertz CT molecular complexity index is 1540. The number of nitrogens with one attached hydrogen (secondary N) is 2. The number of hydroxylamine groups is 1. The molecule has 13 heteroatoms. The Kier molecular flexibility index (Phi) is 9.06. The Morgan fingerprint density at radius 1 is 0.955 bits per heavy atom. The first-order chi connectivity index (χ1) is 21.1. The highest BCUT2D eigenvalue weighted by molar-refractivity contribution is 8.00. The van der Waals surface area contributed by atoms with Gasteiger partial charge in [-0.05, 0) is 28.8 Å². The van der Waals surface area contributed by atoms with Crippen LogP contribution in [0.2, 0.25) is 0 Å². The largest absolute Gasteiger partial charge is 0.448 e. The van der Waals surface area contributed by atoms with Gasteiger partial charge in [0.15, 0.2) is 6.10 Å². The average molecular weight is 626 g/mol. The lowest BCUT2D eigenvalue weighted by atomic mass is 10.00. The third-order valence-electron chi connectivity index (χ3n) is 7.02. The maximum absolute atomic E-state index is 13.8. The zero-order valence-corrected chi connectivity index (χ0v) is 24.0. The van der Waals surface area contributed by atoms with Gasteiger partial charge < -0.3 is 10.1 Å². The van der Waals surface area contributed by atoms with E-state index in [4.69, 9.17) is 9.57 Å². The van der Waals surface area contributed by atoms with Crippen molar-refractivity contribution in [2.75, 3.05) is 12.9 Å². The van der Waals surface area contributed by atoms with Crippen molar-refractivity contribution in [1.82, 2.24) is 15.7 Å². The fourth-order valence-electron chi connectivity index (χ4n) is 4.91. The Morgan fingerprint density at radius 2 is 1.55 bits per heavy atom.